The number of likely N-dealkylation sites (N-methyl/N-ethyl adjacent to an activating group) is 1. The van der Waals surface area contributed by atoms with E-state index >= 15 is 0 Å². The molecular formula is C19H22FNS. The molecule has 0 N–H and O–H groups in total. The van der Waals surface area contributed by atoms with Gasteiger partial charge >= 0.3 is 0 Å². The molecule has 116 valence electrons. The van der Waals surface area contributed by atoms with Crippen LogP contribution in [0, 0.1) is 17.7 Å². The van der Waals surface area contributed by atoms with Crippen molar-refractivity contribution in [2.24, 2.45) is 11.8 Å². The Morgan fingerprint density at radius 1 is 1.27 bits per heavy atom. The second kappa shape index (κ2) is 5.47. The van der Waals surface area contributed by atoms with Crippen molar-refractivity contribution in [2.45, 2.75) is 25.7 Å². The lowest BCUT2D eigenvalue weighted by molar-refractivity contribution is 0.413. The Bertz CT molecular complexity index is 743. The van der Waals surface area contributed by atoms with Crippen LogP contribution in [0.5, 0.6) is 0 Å². The van der Waals surface area contributed by atoms with E-state index in [9.17, 15) is 4.39 Å². The molecule has 2 aliphatic rings. The summed E-state index contributed by atoms with van der Waals surface area (Å²) in [5, 5.41) is 3.50. The summed E-state index contributed by atoms with van der Waals surface area (Å²) in [6.45, 7) is 1.06. The molecule has 2 aliphatic carbocycles. The van der Waals surface area contributed by atoms with Crippen molar-refractivity contribution in [3.05, 3.63) is 40.5 Å². The molecule has 0 unspecified atom stereocenters. The summed E-state index contributed by atoms with van der Waals surface area (Å²) in [6, 6.07) is 5.25. The molecular weight excluding hydrogens is 293 g/mol. The van der Waals surface area contributed by atoms with Gasteiger partial charge in [-0.15, -0.1) is 11.3 Å². The van der Waals surface area contributed by atoms with Gasteiger partial charge in [0, 0.05) is 16.6 Å². The third-order valence-corrected chi connectivity index (χ3v) is 6.15. The molecule has 22 heavy (non-hydrogen) atoms. The molecule has 2 bridgehead atoms. The predicted octanol–water partition coefficient (Wildman–Crippen LogP) is 5.18. The Morgan fingerprint density at radius 3 is 2.95 bits per heavy atom. The highest BCUT2D eigenvalue weighted by Crippen LogP contribution is 2.51. The molecule has 0 saturated heterocycles. The molecule has 1 heterocycles. The van der Waals surface area contributed by atoms with Crippen LogP contribution in [0.25, 0.3) is 15.7 Å². The van der Waals surface area contributed by atoms with Gasteiger partial charge in [0.15, 0.2) is 0 Å². The Kier molecular flexibility index (Phi) is 3.58. The van der Waals surface area contributed by atoms with Crippen LogP contribution in [0.3, 0.4) is 0 Å². The van der Waals surface area contributed by atoms with Gasteiger partial charge in [0.25, 0.3) is 0 Å². The van der Waals surface area contributed by atoms with Crippen LogP contribution in [-0.2, 0) is 0 Å². The van der Waals surface area contributed by atoms with E-state index in [1.54, 1.807) is 34.6 Å². The van der Waals surface area contributed by atoms with E-state index in [4.69, 9.17) is 0 Å². The Hall–Kier alpha value is -1.19. The largest absolute Gasteiger partial charge is 0.305 e. The fourth-order valence-corrected chi connectivity index (χ4v) is 5.41. The first-order valence-corrected chi connectivity index (χ1v) is 9.03. The van der Waals surface area contributed by atoms with Gasteiger partial charge in [0.2, 0.25) is 0 Å². The zero-order chi connectivity index (χ0) is 15.3. The van der Waals surface area contributed by atoms with Crippen LogP contribution in [0.15, 0.2) is 29.2 Å². The van der Waals surface area contributed by atoms with Crippen LogP contribution < -0.4 is 0 Å². The SMILES string of the molecule is CN(C)CC1=C(c2csc3cc(F)ccc23)[C@@H]2CC[C@@H](C1)C2. The smallest absolute Gasteiger partial charge is 0.124 e. The quantitative estimate of drug-likeness (QED) is 0.755. The average molecular weight is 315 g/mol. The van der Waals surface area contributed by atoms with Gasteiger partial charge in [0.1, 0.15) is 5.82 Å². The number of hydrogen-bond donors (Lipinski definition) is 0. The highest BCUT2D eigenvalue weighted by Gasteiger charge is 2.35. The number of halogens is 1. The maximum atomic E-state index is 13.5. The van der Waals surface area contributed by atoms with Gasteiger partial charge in [-0.05, 0) is 80.3 Å². The van der Waals surface area contributed by atoms with E-state index < -0.39 is 0 Å². The predicted molar refractivity (Wildman–Crippen MR) is 92.7 cm³/mol. The first kappa shape index (κ1) is 14.4. The first-order valence-electron chi connectivity index (χ1n) is 8.15. The third kappa shape index (κ3) is 2.40. The molecule has 1 aromatic heterocycles. The summed E-state index contributed by atoms with van der Waals surface area (Å²) in [5.41, 5.74) is 4.58. The molecule has 1 nitrogen and oxygen atoms in total. The standard InChI is InChI=1S/C19H22FNS/c1-21(2)10-14-8-12-3-4-13(7-12)19(14)17-11-22-18-9-15(20)5-6-16(17)18/h5-6,9,11-13H,3-4,7-8,10H2,1-2H3/t12-,13-/m1/s1. The van der Waals surface area contributed by atoms with Gasteiger partial charge in [-0.3, -0.25) is 0 Å². The summed E-state index contributed by atoms with van der Waals surface area (Å²) in [4.78, 5) is 2.29. The van der Waals surface area contributed by atoms with Crippen molar-refractivity contribution in [2.75, 3.05) is 20.6 Å². The molecule has 2 atom stereocenters. The minimum Gasteiger partial charge on any atom is -0.305 e. The van der Waals surface area contributed by atoms with Crippen molar-refractivity contribution < 1.29 is 4.39 Å². The van der Waals surface area contributed by atoms with Crippen LogP contribution in [0.4, 0.5) is 4.39 Å². The summed E-state index contributed by atoms with van der Waals surface area (Å²) in [5.74, 6) is 1.48. The van der Waals surface area contributed by atoms with Crippen LogP contribution in [0.2, 0.25) is 0 Å². The lowest BCUT2D eigenvalue weighted by Gasteiger charge is -2.28. The molecule has 0 aliphatic heterocycles. The maximum Gasteiger partial charge on any atom is 0.124 e. The molecule has 0 spiro atoms. The van der Waals surface area contributed by atoms with Gasteiger partial charge in [0.05, 0.1) is 0 Å². The van der Waals surface area contributed by atoms with Gasteiger partial charge in [-0.25, -0.2) is 4.39 Å². The summed E-state index contributed by atoms with van der Waals surface area (Å²) >= 11 is 1.68. The molecule has 1 aromatic carbocycles. The lowest BCUT2D eigenvalue weighted by Crippen LogP contribution is -2.21. The van der Waals surface area contributed by atoms with E-state index in [1.165, 1.54) is 36.6 Å². The minimum absolute atomic E-state index is 0.132. The Balaban J connectivity index is 1.86. The molecule has 0 radical (unpaired) electrons. The van der Waals surface area contributed by atoms with Gasteiger partial charge in [-0.2, -0.15) is 0 Å². The normalized spacial score (nSPS) is 24.7. The van der Waals surface area contributed by atoms with Crippen LogP contribution >= 0.6 is 11.3 Å². The maximum absolute atomic E-state index is 13.5. The molecule has 3 heteroatoms. The second-order valence-electron chi connectivity index (χ2n) is 7.12. The number of nitrogens with zero attached hydrogens (tertiary/aromatic N) is 1. The molecule has 1 saturated carbocycles. The topological polar surface area (TPSA) is 3.24 Å². The number of benzene rings is 1. The Labute approximate surface area is 135 Å². The average Bonchev–Trinajstić information content (AvgIpc) is 3.03. The number of hydrogen-bond acceptors (Lipinski definition) is 2. The molecule has 4 rings (SSSR count). The minimum atomic E-state index is -0.132. The summed E-state index contributed by atoms with van der Waals surface area (Å²) in [7, 11) is 4.31. The highest BCUT2D eigenvalue weighted by molar-refractivity contribution is 7.17. The molecule has 0 amide bonds. The van der Waals surface area contributed by atoms with Crippen molar-refractivity contribution in [3.63, 3.8) is 0 Å². The monoisotopic (exact) mass is 315 g/mol. The zero-order valence-corrected chi connectivity index (χ0v) is 14.0. The third-order valence-electron chi connectivity index (χ3n) is 5.20. The summed E-state index contributed by atoms with van der Waals surface area (Å²) in [6.07, 6.45) is 5.31. The van der Waals surface area contributed by atoms with E-state index in [2.05, 4.69) is 24.4 Å². The van der Waals surface area contributed by atoms with Crippen molar-refractivity contribution in [1.29, 1.82) is 0 Å². The van der Waals surface area contributed by atoms with Crippen LogP contribution in [0.1, 0.15) is 31.2 Å². The van der Waals surface area contributed by atoms with E-state index in [0.717, 1.165) is 23.1 Å². The fraction of sp³-hybridized carbons (Fsp3) is 0.474. The van der Waals surface area contributed by atoms with Gasteiger partial charge < -0.3 is 4.90 Å². The number of thiophene rings is 1. The lowest BCUT2D eigenvalue weighted by atomic mass is 9.79. The van der Waals surface area contributed by atoms with Crippen molar-refractivity contribution >= 4 is 27.0 Å². The highest BCUT2D eigenvalue weighted by atomic mass is 32.1. The molecule has 1 fully saturated rings. The van der Waals surface area contributed by atoms with Gasteiger partial charge in [-0.1, -0.05) is 11.6 Å². The van der Waals surface area contributed by atoms with E-state index in [1.807, 2.05) is 6.07 Å². The first-order chi connectivity index (χ1) is 10.6. The van der Waals surface area contributed by atoms with Crippen LogP contribution in [-0.4, -0.2) is 25.5 Å². The van der Waals surface area contributed by atoms with E-state index in [0.29, 0.717) is 0 Å². The van der Waals surface area contributed by atoms with Crippen molar-refractivity contribution in [3.8, 4) is 0 Å². The number of fused-ring (bicyclic) bond motifs is 3. The zero-order valence-electron chi connectivity index (χ0n) is 13.2. The van der Waals surface area contributed by atoms with Crippen molar-refractivity contribution in [1.82, 2.24) is 4.90 Å². The fourth-order valence-electron chi connectivity index (χ4n) is 4.42. The Morgan fingerprint density at radius 2 is 2.14 bits per heavy atom. The number of allylic oxidation sites excluding steroid dienone is 1. The summed E-state index contributed by atoms with van der Waals surface area (Å²) < 4.78 is 14.6. The van der Waals surface area contributed by atoms with E-state index in [-0.39, 0.29) is 5.82 Å². The second-order valence-corrected chi connectivity index (χ2v) is 8.04. The number of rotatable bonds is 3. The molecule has 2 aromatic rings.